The molecule has 1 aromatic carbocycles. The lowest BCUT2D eigenvalue weighted by atomic mass is 10.1. The van der Waals surface area contributed by atoms with Gasteiger partial charge in [-0.1, -0.05) is 31.2 Å². The van der Waals surface area contributed by atoms with Gasteiger partial charge in [0.2, 0.25) is 5.13 Å². The van der Waals surface area contributed by atoms with E-state index in [1.54, 1.807) is 0 Å². The van der Waals surface area contributed by atoms with Crippen LogP contribution in [0.2, 0.25) is 0 Å². The van der Waals surface area contributed by atoms with E-state index in [0.29, 0.717) is 0 Å². The number of nitrogens with one attached hydrogen (secondary N) is 1. The van der Waals surface area contributed by atoms with E-state index in [-0.39, 0.29) is 0 Å². The number of aromatic nitrogens is 3. The van der Waals surface area contributed by atoms with Crippen molar-refractivity contribution < 1.29 is 0 Å². The number of hydrogen-bond acceptors (Lipinski definition) is 6. The molecule has 8 heteroatoms. The van der Waals surface area contributed by atoms with E-state index in [2.05, 4.69) is 67.6 Å². The number of hydrogen-bond donors (Lipinski definition) is 1. The Kier molecular flexibility index (Phi) is 6.74. The topological polar surface area (TPSA) is 69.5 Å². The van der Waals surface area contributed by atoms with Gasteiger partial charge in [0.25, 0.3) is 0 Å². The van der Waals surface area contributed by atoms with Gasteiger partial charge in [-0.15, -0.1) is 0 Å². The molecule has 0 amide bonds. The molecule has 7 nitrogen and oxygen atoms in total. The quantitative estimate of drug-likeness (QED) is 0.486. The van der Waals surface area contributed by atoms with Crippen molar-refractivity contribution in [3.05, 3.63) is 47.9 Å². The third-order valence-electron chi connectivity index (χ3n) is 5.32. The van der Waals surface area contributed by atoms with Gasteiger partial charge in [-0.2, -0.15) is 4.37 Å². The molecule has 0 radical (unpaired) electrons. The van der Waals surface area contributed by atoms with Crippen LogP contribution in [0.5, 0.6) is 0 Å². The van der Waals surface area contributed by atoms with Gasteiger partial charge >= 0.3 is 0 Å². The highest BCUT2D eigenvalue weighted by molar-refractivity contribution is 7.09. The van der Waals surface area contributed by atoms with Crippen molar-refractivity contribution in [3.63, 3.8) is 0 Å². The van der Waals surface area contributed by atoms with Crippen LogP contribution in [0.25, 0.3) is 10.9 Å². The summed E-state index contributed by atoms with van der Waals surface area (Å²) in [5.74, 6) is 1.94. The smallest absolute Gasteiger partial charge is 0.205 e. The van der Waals surface area contributed by atoms with Crippen molar-refractivity contribution in [3.8, 4) is 0 Å². The second-order valence-corrected chi connectivity index (χ2v) is 8.03. The summed E-state index contributed by atoms with van der Waals surface area (Å²) < 4.78 is 4.42. The predicted molar refractivity (Wildman–Crippen MR) is 124 cm³/mol. The van der Waals surface area contributed by atoms with Crippen LogP contribution in [0.3, 0.4) is 0 Å². The van der Waals surface area contributed by atoms with E-state index < -0.39 is 0 Å². The number of guanidine groups is 1. The number of rotatable bonds is 6. The molecule has 4 rings (SSSR count). The summed E-state index contributed by atoms with van der Waals surface area (Å²) >= 11 is 1.51. The minimum atomic E-state index is 0.745. The molecule has 0 unspecified atom stereocenters. The first-order valence-electron chi connectivity index (χ1n) is 10.7. The van der Waals surface area contributed by atoms with Crippen LogP contribution in [-0.2, 0) is 12.8 Å². The second-order valence-electron chi connectivity index (χ2n) is 7.30. The van der Waals surface area contributed by atoms with Crippen LogP contribution in [0, 0.1) is 0 Å². The highest BCUT2D eigenvalue weighted by atomic mass is 32.1. The summed E-state index contributed by atoms with van der Waals surface area (Å²) in [5, 5.41) is 5.68. The van der Waals surface area contributed by atoms with Gasteiger partial charge in [-0.25, -0.2) is 4.98 Å². The van der Waals surface area contributed by atoms with E-state index >= 15 is 0 Å². The highest BCUT2D eigenvalue weighted by Crippen LogP contribution is 2.19. The molecule has 3 heterocycles. The first kappa shape index (κ1) is 20.5. The summed E-state index contributed by atoms with van der Waals surface area (Å²) in [5.41, 5.74) is 2.33. The summed E-state index contributed by atoms with van der Waals surface area (Å²) in [6.45, 7) is 9.57. The Balaban J connectivity index is 1.38. The normalized spacial score (nSPS) is 15.1. The molecule has 2 aromatic heterocycles. The molecule has 30 heavy (non-hydrogen) atoms. The lowest BCUT2D eigenvalue weighted by Crippen LogP contribution is -2.52. The number of para-hydroxylation sites is 1. The van der Waals surface area contributed by atoms with Crippen molar-refractivity contribution in [1.29, 1.82) is 0 Å². The second kappa shape index (κ2) is 9.84. The number of fused-ring (bicyclic) bond motifs is 1. The maximum atomic E-state index is 4.91. The van der Waals surface area contributed by atoms with Crippen molar-refractivity contribution in [2.24, 2.45) is 4.99 Å². The van der Waals surface area contributed by atoms with Gasteiger partial charge in [-0.3, -0.25) is 9.98 Å². The largest absolute Gasteiger partial charge is 0.357 e. The van der Waals surface area contributed by atoms with Crippen LogP contribution in [0.1, 0.15) is 25.2 Å². The molecule has 1 saturated heterocycles. The van der Waals surface area contributed by atoms with Gasteiger partial charge in [0, 0.05) is 68.8 Å². The molecule has 1 fully saturated rings. The SMILES string of the molecule is CCNC(=NCCc1cccc2cccnc12)N1CCN(c2nc(CC)ns2)CC1. The number of benzene rings is 1. The predicted octanol–water partition coefficient (Wildman–Crippen LogP) is 2.98. The summed E-state index contributed by atoms with van der Waals surface area (Å²) in [6, 6.07) is 10.5. The van der Waals surface area contributed by atoms with E-state index in [1.165, 1.54) is 22.5 Å². The fraction of sp³-hybridized carbons (Fsp3) is 0.455. The lowest BCUT2D eigenvalue weighted by Gasteiger charge is -2.36. The Labute approximate surface area is 182 Å². The van der Waals surface area contributed by atoms with E-state index in [1.807, 2.05) is 12.3 Å². The minimum Gasteiger partial charge on any atom is -0.357 e. The highest BCUT2D eigenvalue weighted by Gasteiger charge is 2.22. The zero-order valence-corrected chi connectivity index (χ0v) is 18.5. The Hall–Kier alpha value is -2.74. The molecule has 1 aliphatic rings. The molecular weight excluding hydrogens is 394 g/mol. The van der Waals surface area contributed by atoms with Crippen molar-refractivity contribution in [2.75, 3.05) is 44.2 Å². The molecule has 3 aromatic rings. The van der Waals surface area contributed by atoms with Gasteiger partial charge < -0.3 is 15.1 Å². The van der Waals surface area contributed by atoms with Crippen LogP contribution < -0.4 is 10.2 Å². The van der Waals surface area contributed by atoms with E-state index in [4.69, 9.17) is 4.99 Å². The molecular formula is C22H29N7S. The zero-order valence-electron chi connectivity index (χ0n) is 17.7. The molecule has 1 aliphatic heterocycles. The van der Waals surface area contributed by atoms with Crippen molar-refractivity contribution >= 4 is 33.5 Å². The molecule has 1 N–H and O–H groups in total. The van der Waals surface area contributed by atoms with E-state index in [0.717, 1.165) is 74.5 Å². The first-order valence-corrected chi connectivity index (χ1v) is 11.5. The average molecular weight is 424 g/mol. The third-order valence-corrected chi connectivity index (χ3v) is 6.13. The standard InChI is InChI=1S/C22H29N7S/c1-3-19-26-22(30-27-19)29-15-13-28(14-16-29)21(23-4-2)25-12-10-18-8-5-7-17-9-6-11-24-20(17)18/h5-9,11H,3-4,10,12-16H2,1-2H3,(H,23,25). The number of nitrogens with zero attached hydrogens (tertiary/aromatic N) is 6. The maximum absolute atomic E-state index is 4.91. The van der Waals surface area contributed by atoms with Crippen LogP contribution in [0.4, 0.5) is 5.13 Å². The monoisotopic (exact) mass is 423 g/mol. The summed E-state index contributed by atoms with van der Waals surface area (Å²) in [6.07, 6.45) is 3.63. The Morgan fingerprint density at radius 3 is 2.73 bits per heavy atom. The molecule has 0 saturated carbocycles. The minimum absolute atomic E-state index is 0.745. The number of aliphatic imine (C=N–C) groups is 1. The molecule has 0 bridgehead atoms. The maximum Gasteiger partial charge on any atom is 0.205 e. The fourth-order valence-corrected chi connectivity index (χ4v) is 4.50. The number of pyridine rings is 1. The fourth-order valence-electron chi connectivity index (χ4n) is 3.70. The third kappa shape index (κ3) is 4.70. The summed E-state index contributed by atoms with van der Waals surface area (Å²) in [4.78, 5) is 18.8. The van der Waals surface area contributed by atoms with Crippen LogP contribution >= 0.6 is 11.5 Å². The Morgan fingerprint density at radius 1 is 1.13 bits per heavy atom. The van der Waals surface area contributed by atoms with Crippen molar-refractivity contribution in [2.45, 2.75) is 26.7 Å². The van der Waals surface area contributed by atoms with Crippen LogP contribution in [0.15, 0.2) is 41.5 Å². The number of piperazine rings is 1. The number of aryl methyl sites for hydroxylation is 1. The van der Waals surface area contributed by atoms with Gasteiger partial charge in [0.1, 0.15) is 5.82 Å². The molecule has 158 valence electrons. The Morgan fingerprint density at radius 2 is 1.97 bits per heavy atom. The Bertz CT molecular complexity index is 987. The molecule has 0 atom stereocenters. The van der Waals surface area contributed by atoms with Gasteiger partial charge in [0.15, 0.2) is 5.96 Å². The zero-order chi connectivity index (χ0) is 20.8. The lowest BCUT2D eigenvalue weighted by molar-refractivity contribution is 0.372. The first-order chi connectivity index (χ1) is 14.8. The summed E-state index contributed by atoms with van der Waals surface area (Å²) in [7, 11) is 0. The van der Waals surface area contributed by atoms with Gasteiger partial charge in [-0.05, 0) is 25.0 Å². The van der Waals surface area contributed by atoms with Crippen molar-refractivity contribution in [1.82, 2.24) is 24.6 Å². The molecule has 0 aliphatic carbocycles. The number of anilines is 1. The average Bonchev–Trinajstić information content (AvgIpc) is 3.28. The van der Waals surface area contributed by atoms with Crippen LogP contribution in [-0.4, -0.2) is 64.5 Å². The van der Waals surface area contributed by atoms with Gasteiger partial charge in [0.05, 0.1) is 5.52 Å². The van der Waals surface area contributed by atoms with E-state index in [9.17, 15) is 0 Å². The molecule has 0 spiro atoms.